The summed E-state index contributed by atoms with van der Waals surface area (Å²) in [4.78, 5) is 92.8. The molecule has 2 saturated heterocycles. The number of alkyl carbamates (subject to hydrolysis) is 1. The smallest absolute Gasteiger partial charge is 0.407 e. The molecule has 0 radical (unpaired) electrons. The summed E-state index contributed by atoms with van der Waals surface area (Å²) in [6, 6.07) is 44.6. The number of nitrogens with two attached hydrogens (primary N) is 2. The highest BCUT2D eigenvalue weighted by atomic mass is 19.1. The number of guanidine groups is 2. The first-order valence-corrected chi connectivity index (χ1v) is 25.4. The van der Waals surface area contributed by atoms with Crippen LogP contribution in [0.5, 0.6) is 0 Å². The minimum atomic E-state index is -1.37. The Bertz CT molecular complexity index is 3170. The largest absolute Gasteiger partial charge is 0.450 e. The third-order valence-electron chi connectivity index (χ3n) is 14.0. The Morgan fingerprint density at radius 3 is 1.39 bits per heavy atom. The van der Waals surface area contributed by atoms with Crippen LogP contribution < -0.4 is 16.8 Å². The van der Waals surface area contributed by atoms with Crippen LogP contribution in [0.1, 0.15) is 86.7 Å². The zero-order valence-electron chi connectivity index (χ0n) is 42.3. The Morgan fingerprint density at radius 2 is 1.00 bits per heavy atom. The number of aliphatic imine (C=N–C) groups is 2. The second-order valence-corrected chi connectivity index (χ2v) is 19.1. The molecule has 2 fully saturated rings. The summed E-state index contributed by atoms with van der Waals surface area (Å²) < 4.78 is 34.3. The van der Waals surface area contributed by atoms with Gasteiger partial charge in [-0.25, -0.2) is 23.6 Å². The lowest BCUT2D eigenvalue weighted by Crippen LogP contribution is -2.46. The minimum Gasteiger partial charge on any atom is -0.450 e. The summed E-state index contributed by atoms with van der Waals surface area (Å²) >= 11 is 0. The molecule has 4 heterocycles. The Balaban J connectivity index is 0.000000189. The van der Waals surface area contributed by atoms with Gasteiger partial charge in [-0.1, -0.05) is 121 Å². The average Bonchev–Trinajstić information content (AvgIpc) is 3.86. The van der Waals surface area contributed by atoms with Crippen molar-refractivity contribution in [3.63, 3.8) is 0 Å². The molecule has 0 unspecified atom stereocenters. The molecule has 77 heavy (non-hydrogen) atoms. The fourth-order valence-corrected chi connectivity index (χ4v) is 10.3. The number of carbonyl (C=O) groups excluding carboxylic acids is 6. The summed E-state index contributed by atoms with van der Waals surface area (Å²) in [5.74, 6) is -2.67. The summed E-state index contributed by atoms with van der Waals surface area (Å²) in [6.07, 6.45) is 1.67. The van der Waals surface area contributed by atoms with Crippen molar-refractivity contribution in [3.05, 3.63) is 214 Å². The van der Waals surface area contributed by atoms with Crippen LogP contribution in [0.15, 0.2) is 168 Å². The maximum Gasteiger partial charge on any atom is 0.407 e. The Morgan fingerprint density at radius 1 is 0.597 bits per heavy atom. The molecule has 6 aromatic rings. The number of hydrogen-bond donors (Lipinski definition) is 3. The van der Waals surface area contributed by atoms with Crippen LogP contribution in [0.4, 0.5) is 13.6 Å². The molecule has 4 aliphatic heterocycles. The number of Topliss-reactive ketones (excluding diaryl/α,β-unsaturated/α-hetero) is 1. The molecule has 394 valence electrons. The highest BCUT2D eigenvalue weighted by Gasteiger charge is 2.52. The van der Waals surface area contributed by atoms with Gasteiger partial charge in [-0.05, 0) is 96.0 Å². The van der Waals surface area contributed by atoms with Crippen LogP contribution in [0.3, 0.4) is 0 Å². The summed E-state index contributed by atoms with van der Waals surface area (Å²) in [5.41, 5.74) is 13.6. The fourth-order valence-electron chi connectivity index (χ4n) is 10.3. The van der Waals surface area contributed by atoms with E-state index >= 15 is 0 Å². The van der Waals surface area contributed by atoms with E-state index in [2.05, 4.69) is 15.3 Å². The van der Waals surface area contributed by atoms with Crippen LogP contribution in [-0.4, -0.2) is 106 Å². The number of likely N-dealkylation sites (tertiary alicyclic amines) is 2. The van der Waals surface area contributed by atoms with Crippen molar-refractivity contribution < 1.29 is 42.3 Å². The highest BCUT2D eigenvalue weighted by molar-refractivity contribution is 6.10. The lowest BCUT2D eigenvalue weighted by Gasteiger charge is -2.32. The zero-order chi connectivity index (χ0) is 54.3. The molecule has 0 aromatic heterocycles. The number of benzene rings is 6. The first-order chi connectivity index (χ1) is 37.2. The summed E-state index contributed by atoms with van der Waals surface area (Å²) in [6.45, 7) is 3.17. The molecule has 0 atom stereocenters. The summed E-state index contributed by atoms with van der Waals surface area (Å²) in [7, 11) is 0. The predicted molar refractivity (Wildman–Crippen MR) is 284 cm³/mol. The molecule has 0 spiro atoms. The molecule has 0 saturated carbocycles. The number of ketones is 1. The van der Waals surface area contributed by atoms with Crippen molar-refractivity contribution in [2.45, 2.75) is 62.8 Å². The highest BCUT2D eigenvalue weighted by Crippen LogP contribution is 2.41. The van der Waals surface area contributed by atoms with Crippen LogP contribution in [0.25, 0.3) is 0 Å². The molecule has 6 aromatic carbocycles. The van der Waals surface area contributed by atoms with E-state index in [1.165, 1.54) is 39.0 Å². The van der Waals surface area contributed by atoms with Crippen molar-refractivity contribution in [1.82, 2.24) is 24.9 Å². The summed E-state index contributed by atoms with van der Waals surface area (Å²) in [5, 5.41) is 2.80. The molecule has 5 N–H and O–H groups in total. The number of ether oxygens (including phenoxy) is 1. The van der Waals surface area contributed by atoms with Crippen LogP contribution in [-0.2, 0) is 43.3 Å². The van der Waals surface area contributed by atoms with E-state index < -0.39 is 34.7 Å². The zero-order valence-corrected chi connectivity index (χ0v) is 42.3. The standard InChI is InChI=1S/C31H32FN5O4.C28H25FN4O3/c1-2-41-30(40)34-26-13-15-36(16-14-26)27(38)22-17-21(18-25(32)19-22)20-37-28(39)31(35-29(37)33,23-9-5-3-6-10-23)24-11-7-4-8-12-24;29-23-15-19(14-20(16-23)25(35)32-13-7-12-24(34)18-32)17-33-26(36)28(31-27(33)30,21-8-3-1-4-9-21)22-10-5-2-6-11-22/h3-12,17-19,26H,2,13-16,20H2,1H3,(H2,33,35)(H,34,40);1-6,8-11,14-16H,7,12-13,17-18H2,(H2,30,31). The number of rotatable bonds is 12. The Labute approximate surface area is 444 Å². The van der Waals surface area contributed by atoms with Gasteiger partial charge in [0.2, 0.25) is 0 Å². The van der Waals surface area contributed by atoms with Crippen molar-refractivity contribution in [3.8, 4) is 0 Å². The number of hydrogen-bond acceptors (Lipinski definition) is 11. The van der Waals surface area contributed by atoms with E-state index in [0.717, 1.165) is 6.07 Å². The topological polar surface area (TPSA) is 213 Å². The van der Waals surface area contributed by atoms with E-state index in [9.17, 15) is 37.5 Å². The van der Waals surface area contributed by atoms with E-state index in [1.54, 1.807) is 17.9 Å². The first kappa shape index (κ1) is 52.8. The van der Waals surface area contributed by atoms with Crippen LogP contribution in [0.2, 0.25) is 0 Å². The van der Waals surface area contributed by atoms with Gasteiger partial charge in [0.25, 0.3) is 23.6 Å². The van der Waals surface area contributed by atoms with Crippen LogP contribution in [0, 0.1) is 11.6 Å². The van der Waals surface area contributed by atoms with Gasteiger partial charge < -0.3 is 31.3 Å². The molecule has 0 bridgehead atoms. The average molecular weight is 1040 g/mol. The number of nitrogens with zero attached hydrogens (tertiary/aromatic N) is 6. The molecule has 18 heteroatoms. The Kier molecular flexibility index (Phi) is 15.6. The SMILES string of the molecule is CCOC(=O)NC1CCN(C(=O)c2cc(F)cc(CN3C(=O)C(c4ccccc4)(c4ccccc4)N=C3N)c2)CC1.NC1=NC(c2ccccc2)(c2ccccc2)C(=O)N1Cc1cc(F)cc(C(=O)N2CCCC(=O)C2)c1. The van der Waals surface area contributed by atoms with Gasteiger partial charge in [0.05, 0.1) is 26.2 Å². The fraction of sp³-hybridized carbons (Fsp3) is 0.254. The molecular formula is C59H57F2N9O7. The minimum absolute atomic E-state index is 0.00599. The number of amides is 5. The Hall–Kier alpha value is -9.06. The van der Waals surface area contributed by atoms with Gasteiger partial charge in [0.15, 0.2) is 28.8 Å². The first-order valence-electron chi connectivity index (χ1n) is 25.4. The van der Waals surface area contributed by atoms with E-state index in [1.807, 2.05) is 121 Å². The van der Waals surface area contributed by atoms with Gasteiger partial charge in [0, 0.05) is 43.2 Å². The predicted octanol–water partition coefficient (Wildman–Crippen LogP) is 7.01. The maximum atomic E-state index is 14.8. The molecule has 4 aliphatic rings. The van der Waals surface area contributed by atoms with E-state index in [4.69, 9.17) is 16.2 Å². The maximum absolute atomic E-state index is 14.8. The quantitative estimate of drug-likeness (QED) is 0.115. The molecule has 5 amide bonds. The molecule has 16 nitrogen and oxygen atoms in total. The second kappa shape index (κ2) is 22.8. The molecule has 0 aliphatic carbocycles. The number of halogens is 2. The van der Waals surface area contributed by atoms with Crippen molar-refractivity contribution in [1.29, 1.82) is 0 Å². The van der Waals surface area contributed by atoms with Gasteiger partial charge in [-0.3, -0.25) is 33.8 Å². The van der Waals surface area contributed by atoms with Crippen molar-refractivity contribution in [2.24, 2.45) is 21.5 Å². The number of piperidine rings is 2. The monoisotopic (exact) mass is 1040 g/mol. The molecule has 10 rings (SSSR count). The molecular weight excluding hydrogens is 985 g/mol. The van der Waals surface area contributed by atoms with Crippen molar-refractivity contribution in [2.75, 3.05) is 32.8 Å². The van der Waals surface area contributed by atoms with Crippen LogP contribution >= 0.6 is 0 Å². The number of carbonyl (C=O) groups is 6. The lowest BCUT2D eigenvalue weighted by atomic mass is 9.83. The van der Waals surface area contributed by atoms with Gasteiger partial charge in [-0.2, -0.15) is 0 Å². The van der Waals surface area contributed by atoms with Gasteiger partial charge >= 0.3 is 6.09 Å². The van der Waals surface area contributed by atoms with E-state index in [-0.39, 0.29) is 78.8 Å². The van der Waals surface area contributed by atoms with E-state index in [0.29, 0.717) is 78.7 Å². The third-order valence-corrected chi connectivity index (χ3v) is 14.0. The van der Waals surface area contributed by atoms with Crippen molar-refractivity contribution >= 4 is 47.4 Å². The second-order valence-electron chi connectivity index (χ2n) is 19.1. The third kappa shape index (κ3) is 11.0. The lowest BCUT2D eigenvalue weighted by molar-refractivity contribution is -0.131. The van der Waals surface area contributed by atoms with Gasteiger partial charge in [-0.15, -0.1) is 0 Å². The normalized spacial score (nSPS) is 17.1. The number of nitrogens with one attached hydrogen (secondary N) is 1. The van der Waals surface area contributed by atoms with Gasteiger partial charge in [0.1, 0.15) is 11.6 Å².